The van der Waals surface area contributed by atoms with Crippen molar-refractivity contribution in [2.24, 2.45) is 0 Å². The van der Waals surface area contributed by atoms with Crippen LogP contribution in [0.3, 0.4) is 0 Å². The van der Waals surface area contributed by atoms with Crippen molar-refractivity contribution in [3.05, 3.63) is 140 Å². The van der Waals surface area contributed by atoms with Crippen LogP contribution < -0.4 is 15.1 Å². The number of carbonyl (C=O) groups is 2. The normalized spacial score (nSPS) is 14.5. The number of Topliss-reactive ketones (excluding diaryl/α,β-unsaturated/α-hetero) is 1. The fourth-order valence-electron chi connectivity index (χ4n) is 4.87. The minimum Gasteiger partial charge on any atom is -0.489 e. The Balaban J connectivity index is 1.44. The summed E-state index contributed by atoms with van der Waals surface area (Å²) in [6.45, 7) is 1.91. The first-order valence-electron chi connectivity index (χ1n) is 12.4. The molecule has 192 valence electrons. The van der Waals surface area contributed by atoms with Gasteiger partial charge < -0.3 is 9.15 Å². The molecular weight excluding hydrogens is 558 g/mol. The number of hydrogen-bond acceptors (Lipinski definition) is 5. The Morgan fingerprint density at radius 1 is 0.923 bits per heavy atom. The van der Waals surface area contributed by atoms with Crippen LogP contribution in [0.4, 0.5) is 5.69 Å². The van der Waals surface area contributed by atoms with Gasteiger partial charge in [-0.2, -0.15) is 0 Å². The number of ketones is 1. The maximum absolute atomic E-state index is 13.8. The number of carbonyl (C=O) groups excluding carboxylic acids is 2. The van der Waals surface area contributed by atoms with E-state index >= 15 is 0 Å². The lowest BCUT2D eigenvalue weighted by Gasteiger charge is -2.25. The first kappa shape index (κ1) is 24.8. The minimum absolute atomic E-state index is 0.0138. The highest BCUT2D eigenvalue weighted by atomic mass is 79.9. The minimum atomic E-state index is -0.724. The van der Waals surface area contributed by atoms with Crippen LogP contribution in [0.25, 0.3) is 11.0 Å². The molecule has 1 amide bonds. The van der Waals surface area contributed by atoms with Crippen molar-refractivity contribution < 1.29 is 18.7 Å². The van der Waals surface area contributed by atoms with Crippen molar-refractivity contribution in [1.29, 1.82) is 0 Å². The van der Waals surface area contributed by atoms with Gasteiger partial charge in [0.2, 0.25) is 5.76 Å². The van der Waals surface area contributed by atoms with Gasteiger partial charge in [0.05, 0.1) is 17.0 Å². The fraction of sp³-hybridized carbons (Fsp3) is 0.0938. The van der Waals surface area contributed by atoms with Crippen LogP contribution in [0.15, 0.2) is 111 Å². The number of halogens is 1. The average molecular weight is 580 g/mol. The molecule has 1 aromatic heterocycles. The van der Waals surface area contributed by atoms with Crippen LogP contribution in [-0.2, 0) is 6.61 Å². The Morgan fingerprint density at radius 2 is 1.64 bits per heavy atom. The van der Waals surface area contributed by atoms with Crippen molar-refractivity contribution in [2.75, 3.05) is 4.90 Å². The third kappa shape index (κ3) is 4.55. The van der Waals surface area contributed by atoms with Gasteiger partial charge in [0.15, 0.2) is 11.2 Å². The fourth-order valence-corrected chi connectivity index (χ4v) is 5.23. The molecule has 6 rings (SSSR count). The highest BCUT2D eigenvalue weighted by molar-refractivity contribution is 9.10. The standard InChI is InChI=1S/C32H22BrNO5/c1-19(35)21-7-12-24(13-8-21)34-29(22-9-14-25(15-10-22)38-18-20-5-3-2-4-6-20)28-30(36)26-17-23(33)11-16-27(26)39-31(28)32(34)37/h2-17,29H,18H2,1H3. The molecule has 0 radical (unpaired) electrons. The van der Waals surface area contributed by atoms with E-state index in [9.17, 15) is 14.4 Å². The van der Waals surface area contributed by atoms with Gasteiger partial charge in [-0.3, -0.25) is 19.3 Å². The Hall–Kier alpha value is -4.49. The zero-order valence-corrected chi connectivity index (χ0v) is 22.5. The number of hydrogen-bond donors (Lipinski definition) is 0. The molecule has 2 heterocycles. The lowest BCUT2D eigenvalue weighted by Crippen LogP contribution is -2.29. The van der Waals surface area contributed by atoms with E-state index in [0.29, 0.717) is 34.6 Å². The number of ether oxygens (including phenoxy) is 1. The lowest BCUT2D eigenvalue weighted by atomic mass is 9.98. The van der Waals surface area contributed by atoms with Crippen LogP contribution in [0, 0.1) is 0 Å². The van der Waals surface area contributed by atoms with Gasteiger partial charge in [0, 0.05) is 15.7 Å². The molecule has 39 heavy (non-hydrogen) atoms. The Labute approximate surface area is 232 Å². The first-order valence-corrected chi connectivity index (χ1v) is 13.2. The van der Waals surface area contributed by atoms with Gasteiger partial charge in [-0.05, 0) is 72.6 Å². The van der Waals surface area contributed by atoms with Crippen molar-refractivity contribution in [1.82, 2.24) is 0 Å². The molecule has 0 N–H and O–H groups in total. The third-order valence-corrected chi connectivity index (χ3v) is 7.32. The van der Waals surface area contributed by atoms with Crippen LogP contribution >= 0.6 is 15.9 Å². The molecule has 7 heteroatoms. The molecule has 4 aromatic carbocycles. The Morgan fingerprint density at radius 3 is 2.33 bits per heavy atom. The van der Waals surface area contributed by atoms with Crippen LogP contribution in [0.1, 0.15) is 50.6 Å². The van der Waals surface area contributed by atoms with Crippen LogP contribution in [0.5, 0.6) is 5.75 Å². The average Bonchev–Trinajstić information content (AvgIpc) is 3.25. The van der Waals surface area contributed by atoms with Crippen molar-refractivity contribution in [3.63, 3.8) is 0 Å². The van der Waals surface area contributed by atoms with E-state index in [1.807, 2.05) is 54.6 Å². The molecule has 0 bridgehead atoms. The van der Waals surface area contributed by atoms with Crippen LogP contribution in [0.2, 0.25) is 0 Å². The summed E-state index contributed by atoms with van der Waals surface area (Å²) in [5.41, 5.74) is 3.21. The maximum Gasteiger partial charge on any atom is 0.295 e. The summed E-state index contributed by atoms with van der Waals surface area (Å²) in [6.07, 6.45) is 0. The van der Waals surface area contributed by atoms with Gasteiger partial charge >= 0.3 is 0 Å². The molecule has 0 spiro atoms. The van der Waals surface area contributed by atoms with Crippen molar-refractivity contribution >= 4 is 44.3 Å². The van der Waals surface area contributed by atoms with Gasteiger partial charge in [0.25, 0.3) is 5.91 Å². The summed E-state index contributed by atoms with van der Waals surface area (Å²) in [4.78, 5) is 41.0. The smallest absolute Gasteiger partial charge is 0.295 e. The molecule has 1 aliphatic heterocycles. The van der Waals surface area contributed by atoms with Gasteiger partial charge in [-0.25, -0.2) is 0 Å². The van der Waals surface area contributed by atoms with Gasteiger partial charge in [0.1, 0.15) is 17.9 Å². The van der Waals surface area contributed by atoms with E-state index in [1.54, 1.807) is 47.4 Å². The SMILES string of the molecule is CC(=O)c1ccc(N2C(=O)c3oc4ccc(Br)cc4c(=O)c3C2c2ccc(OCc3ccccc3)cc2)cc1. The Kier molecular flexibility index (Phi) is 6.37. The monoisotopic (exact) mass is 579 g/mol. The number of nitrogens with zero attached hydrogens (tertiary/aromatic N) is 1. The molecule has 5 aromatic rings. The second kappa shape index (κ2) is 10.0. The largest absolute Gasteiger partial charge is 0.489 e. The Bertz CT molecular complexity index is 1780. The van der Waals surface area contributed by atoms with Crippen molar-refractivity contribution in [3.8, 4) is 5.75 Å². The van der Waals surface area contributed by atoms with E-state index in [-0.39, 0.29) is 22.5 Å². The topological polar surface area (TPSA) is 76.8 Å². The molecule has 0 aliphatic carbocycles. The van der Waals surface area contributed by atoms with Crippen molar-refractivity contribution in [2.45, 2.75) is 19.6 Å². The summed E-state index contributed by atoms with van der Waals surface area (Å²) < 4.78 is 12.7. The zero-order chi connectivity index (χ0) is 27.1. The number of amides is 1. The third-order valence-electron chi connectivity index (χ3n) is 6.83. The molecule has 0 fully saturated rings. The summed E-state index contributed by atoms with van der Waals surface area (Å²) in [5.74, 6) is 0.185. The van der Waals surface area contributed by atoms with E-state index in [2.05, 4.69) is 15.9 Å². The summed E-state index contributed by atoms with van der Waals surface area (Å²) in [5, 5.41) is 0.387. The number of anilines is 1. The number of benzene rings is 4. The summed E-state index contributed by atoms with van der Waals surface area (Å²) in [7, 11) is 0. The molecular formula is C32H22BrNO5. The highest BCUT2D eigenvalue weighted by Gasteiger charge is 2.43. The van der Waals surface area contributed by atoms with Gasteiger partial charge in [-0.15, -0.1) is 0 Å². The predicted octanol–water partition coefficient (Wildman–Crippen LogP) is 7.09. The molecule has 1 atom stereocenters. The van der Waals surface area contributed by atoms with E-state index in [4.69, 9.17) is 9.15 Å². The lowest BCUT2D eigenvalue weighted by molar-refractivity contribution is 0.0970. The van der Waals surface area contributed by atoms with E-state index < -0.39 is 11.9 Å². The second-order valence-electron chi connectivity index (χ2n) is 9.34. The molecule has 0 saturated heterocycles. The highest BCUT2D eigenvalue weighted by Crippen LogP contribution is 2.41. The second-order valence-corrected chi connectivity index (χ2v) is 10.3. The van der Waals surface area contributed by atoms with Crippen LogP contribution in [-0.4, -0.2) is 11.7 Å². The summed E-state index contributed by atoms with van der Waals surface area (Å²) in [6, 6.07) is 28.4. The quantitative estimate of drug-likeness (QED) is 0.201. The zero-order valence-electron chi connectivity index (χ0n) is 20.9. The molecule has 1 unspecified atom stereocenters. The molecule has 0 saturated carbocycles. The van der Waals surface area contributed by atoms with E-state index in [1.165, 1.54) is 6.92 Å². The maximum atomic E-state index is 13.8. The van der Waals surface area contributed by atoms with Gasteiger partial charge in [-0.1, -0.05) is 58.4 Å². The number of fused-ring (bicyclic) bond motifs is 2. The molecule has 6 nitrogen and oxygen atoms in total. The summed E-state index contributed by atoms with van der Waals surface area (Å²) >= 11 is 3.43. The molecule has 1 aliphatic rings. The predicted molar refractivity (Wildman–Crippen MR) is 152 cm³/mol. The number of rotatable bonds is 6. The first-order chi connectivity index (χ1) is 18.9. The van der Waals surface area contributed by atoms with E-state index in [0.717, 1.165) is 15.6 Å².